The molecule has 5 heterocycles. The number of piperidine rings is 3. The summed E-state index contributed by atoms with van der Waals surface area (Å²) in [6.45, 7) is 7.33. The lowest BCUT2D eigenvalue weighted by molar-refractivity contribution is -0.984. The highest BCUT2D eigenvalue weighted by Gasteiger charge is 2.55. The van der Waals surface area contributed by atoms with E-state index in [1.165, 1.54) is 12.0 Å². The van der Waals surface area contributed by atoms with Crippen LogP contribution in [0.5, 0.6) is 5.88 Å². The highest BCUT2D eigenvalue weighted by Crippen LogP contribution is 2.50. The molecule has 1 unspecified atom stereocenters. The third-order valence-electron chi connectivity index (χ3n) is 10.5. The van der Waals surface area contributed by atoms with Crippen molar-refractivity contribution in [1.82, 2.24) is 15.0 Å². The third-order valence-corrected chi connectivity index (χ3v) is 10.8. The lowest BCUT2D eigenvalue weighted by Crippen LogP contribution is -3.00. The first-order chi connectivity index (χ1) is 23.6. The van der Waals surface area contributed by atoms with Gasteiger partial charge in [-0.25, -0.2) is 4.98 Å². The Morgan fingerprint density at radius 1 is 0.837 bits per heavy atom. The standard InChI is InChI=1S/C42H38ClN4O.BrH/c1-2-30-28-47(27-29-14-6-3-7-15-29)25-23-33(30)26-37(47)39(35-22-24-44-36-21-13-12-20-34(35)36)48-42-38(31-16-8-4-9-17-31)40(43)45-41(46-42)32-18-10-5-11-19-32;/h2-22,24,30,33,37,39H,1,23,25-28H2;1H/q+1;/p-1/t30-,33-,37+,39?,47+;/m0./s1. The van der Waals surface area contributed by atoms with Gasteiger partial charge in [0.25, 0.3) is 0 Å². The van der Waals surface area contributed by atoms with Gasteiger partial charge in [0, 0.05) is 47.0 Å². The van der Waals surface area contributed by atoms with Crippen molar-refractivity contribution in [2.75, 3.05) is 13.1 Å². The number of ether oxygens (including phenoxy) is 1. The Kier molecular flexibility index (Phi) is 9.64. The zero-order valence-electron chi connectivity index (χ0n) is 27.2. The maximum Gasteiger partial charge on any atom is 0.227 e. The molecule has 3 aliphatic heterocycles. The molecule has 2 aromatic heterocycles. The Bertz CT molecular complexity index is 2060. The van der Waals surface area contributed by atoms with Gasteiger partial charge < -0.3 is 26.2 Å². The minimum Gasteiger partial charge on any atom is -1.00 e. The normalized spacial score (nSPS) is 21.9. The van der Waals surface area contributed by atoms with E-state index >= 15 is 0 Å². The molecule has 3 aliphatic rings. The highest BCUT2D eigenvalue weighted by molar-refractivity contribution is 6.32. The van der Waals surface area contributed by atoms with Crippen LogP contribution in [-0.4, -0.2) is 38.6 Å². The molecule has 2 bridgehead atoms. The van der Waals surface area contributed by atoms with Crippen LogP contribution >= 0.6 is 11.6 Å². The van der Waals surface area contributed by atoms with E-state index in [1.54, 1.807) is 0 Å². The van der Waals surface area contributed by atoms with E-state index in [-0.39, 0.29) is 29.1 Å². The van der Waals surface area contributed by atoms with Gasteiger partial charge in [-0.2, -0.15) is 4.98 Å². The van der Waals surface area contributed by atoms with Crippen LogP contribution in [0.25, 0.3) is 33.4 Å². The summed E-state index contributed by atoms with van der Waals surface area (Å²) < 4.78 is 8.38. The minimum absolute atomic E-state index is 0. The van der Waals surface area contributed by atoms with Crippen molar-refractivity contribution < 1.29 is 26.2 Å². The molecule has 0 spiro atoms. The van der Waals surface area contributed by atoms with Gasteiger partial charge in [0.1, 0.15) is 17.7 Å². The van der Waals surface area contributed by atoms with Gasteiger partial charge in [-0.3, -0.25) is 4.98 Å². The number of hydrogen-bond donors (Lipinski definition) is 0. The monoisotopic (exact) mass is 728 g/mol. The van der Waals surface area contributed by atoms with Crippen LogP contribution in [0.2, 0.25) is 5.15 Å². The summed E-state index contributed by atoms with van der Waals surface area (Å²) in [5.74, 6) is 2.04. The highest BCUT2D eigenvalue weighted by atomic mass is 79.9. The molecule has 0 aliphatic carbocycles. The number of benzene rings is 4. The van der Waals surface area contributed by atoms with Gasteiger partial charge in [0.2, 0.25) is 5.88 Å². The average molecular weight is 730 g/mol. The fourth-order valence-electron chi connectivity index (χ4n) is 8.21. The summed E-state index contributed by atoms with van der Waals surface area (Å²) in [5, 5.41) is 1.46. The Balaban J connectivity index is 0.00000378. The summed E-state index contributed by atoms with van der Waals surface area (Å²) in [6, 6.07) is 41.7. The van der Waals surface area contributed by atoms with Crippen LogP contribution in [0.3, 0.4) is 0 Å². The summed E-state index contributed by atoms with van der Waals surface area (Å²) >= 11 is 7.11. The second kappa shape index (κ2) is 14.2. The van der Waals surface area contributed by atoms with E-state index in [1.807, 2.05) is 72.9 Å². The molecule has 0 radical (unpaired) electrons. The van der Waals surface area contributed by atoms with Gasteiger partial charge in [0.05, 0.1) is 24.2 Å². The van der Waals surface area contributed by atoms with Crippen LogP contribution in [0.4, 0.5) is 0 Å². The summed E-state index contributed by atoms with van der Waals surface area (Å²) in [5.41, 5.74) is 5.92. The third kappa shape index (κ3) is 6.41. The molecule has 3 saturated heterocycles. The van der Waals surface area contributed by atoms with Crippen LogP contribution in [0.15, 0.2) is 140 Å². The predicted molar refractivity (Wildman–Crippen MR) is 193 cm³/mol. The van der Waals surface area contributed by atoms with Crippen molar-refractivity contribution in [3.63, 3.8) is 0 Å². The van der Waals surface area contributed by atoms with E-state index in [4.69, 9.17) is 31.3 Å². The van der Waals surface area contributed by atoms with Gasteiger partial charge in [0.15, 0.2) is 11.9 Å². The predicted octanol–water partition coefficient (Wildman–Crippen LogP) is 6.75. The lowest BCUT2D eigenvalue weighted by Gasteiger charge is -2.58. The fourth-order valence-corrected chi connectivity index (χ4v) is 8.48. The van der Waals surface area contributed by atoms with E-state index in [0.717, 1.165) is 58.1 Å². The molecule has 3 fully saturated rings. The zero-order valence-corrected chi connectivity index (χ0v) is 29.5. The lowest BCUT2D eigenvalue weighted by atomic mass is 9.71. The van der Waals surface area contributed by atoms with Crippen molar-refractivity contribution in [2.45, 2.75) is 31.5 Å². The molecule has 246 valence electrons. The van der Waals surface area contributed by atoms with Gasteiger partial charge in [-0.15, -0.1) is 6.58 Å². The molecule has 49 heavy (non-hydrogen) atoms. The molecule has 9 rings (SSSR count). The number of fused-ring (bicyclic) bond motifs is 4. The molecule has 6 aromatic rings. The molecular weight excluding hydrogens is 692 g/mol. The zero-order chi connectivity index (χ0) is 32.5. The maximum atomic E-state index is 7.46. The van der Waals surface area contributed by atoms with E-state index in [9.17, 15) is 0 Å². The molecule has 0 N–H and O–H groups in total. The first-order valence-corrected chi connectivity index (χ1v) is 17.2. The number of para-hydroxylation sites is 1. The number of pyridine rings is 1. The Hall–Kier alpha value is -4.36. The van der Waals surface area contributed by atoms with Crippen LogP contribution in [0, 0.1) is 11.8 Å². The quantitative estimate of drug-likeness (QED) is 0.0940. The van der Waals surface area contributed by atoms with Crippen molar-refractivity contribution in [3.8, 4) is 28.4 Å². The first-order valence-electron chi connectivity index (χ1n) is 16.8. The number of halogens is 2. The average Bonchev–Trinajstić information content (AvgIpc) is 3.14. The molecule has 0 amide bonds. The van der Waals surface area contributed by atoms with Crippen molar-refractivity contribution >= 4 is 22.5 Å². The van der Waals surface area contributed by atoms with E-state index in [2.05, 4.69) is 67.3 Å². The van der Waals surface area contributed by atoms with Gasteiger partial charge in [-0.05, 0) is 23.6 Å². The van der Waals surface area contributed by atoms with Crippen LogP contribution in [0.1, 0.15) is 30.1 Å². The van der Waals surface area contributed by atoms with Crippen LogP contribution < -0.4 is 21.7 Å². The summed E-state index contributed by atoms with van der Waals surface area (Å²) in [7, 11) is 0. The number of hydrogen-bond acceptors (Lipinski definition) is 4. The number of rotatable bonds is 9. The fraction of sp³-hybridized carbons (Fsp3) is 0.214. The second-order valence-electron chi connectivity index (χ2n) is 13.2. The van der Waals surface area contributed by atoms with Gasteiger partial charge >= 0.3 is 0 Å². The molecule has 0 saturated carbocycles. The molecule has 7 heteroatoms. The van der Waals surface area contributed by atoms with Crippen molar-refractivity contribution in [1.29, 1.82) is 0 Å². The van der Waals surface area contributed by atoms with E-state index in [0.29, 0.717) is 34.3 Å². The van der Waals surface area contributed by atoms with Gasteiger partial charge in [-0.1, -0.05) is 127 Å². The minimum atomic E-state index is -0.327. The topological polar surface area (TPSA) is 47.9 Å². The summed E-state index contributed by atoms with van der Waals surface area (Å²) in [4.78, 5) is 14.7. The second-order valence-corrected chi connectivity index (χ2v) is 13.6. The molecule has 5 atom stereocenters. The number of aromatic nitrogens is 3. The smallest absolute Gasteiger partial charge is 0.227 e. The molecule has 5 nitrogen and oxygen atoms in total. The summed E-state index contributed by atoms with van der Waals surface area (Å²) in [6.07, 6.45) is 5.98. The number of quaternary nitrogens is 1. The van der Waals surface area contributed by atoms with Crippen LogP contribution in [-0.2, 0) is 6.54 Å². The Morgan fingerprint density at radius 2 is 1.51 bits per heavy atom. The Labute approximate surface area is 303 Å². The largest absolute Gasteiger partial charge is 1.00 e. The number of nitrogens with zero attached hydrogens (tertiary/aromatic N) is 4. The first kappa shape index (κ1) is 33.2. The molecule has 4 aromatic carbocycles. The molecular formula is C42H38BrClN4O. The van der Waals surface area contributed by atoms with Crippen molar-refractivity contribution in [2.24, 2.45) is 11.8 Å². The van der Waals surface area contributed by atoms with Crippen molar-refractivity contribution in [3.05, 3.63) is 156 Å². The SMILES string of the molecule is C=C[C@H]1C[N@+]2(Cc3ccccc3)CC[C@H]1C[C@@H]2C(Oc1nc(-c2ccccc2)nc(Cl)c1-c1ccccc1)c1ccnc2ccccc12.[Br-]. The Morgan fingerprint density at radius 3 is 2.24 bits per heavy atom. The maximum absolute atomic E-state index is 7.46. The van der Waals surface area contributed by atoms with E-state index < -0.39 is 0 Å².